The molecule has 0 saturated heterocycles. The van der Waals surface area contributed by atoms with E-state index in [1.165, 1.54) is 5.57 Å². The van der Waals surface area contributed by atoms with Crippen LogP contribution in [0.4, 0.5) is 0 Å². The van der Waals surface area contributed by atoms with Gasteiger partial charge in [0.1, 0.15) is 5.60 Å². The largest absolute Gasteiger partial charge is 0.251 e. The predicted molar refractivity (Wildman–Crippen MR) is 69.6 cm³/mol. The lowest BCUT2D eigenvalue weighted by Crippen LogP contribution is -2.50. The fourth-order valence-electron chi connectivity index (χ4n) is 3.61. The Balaban J connectivity index is 2.40. The van der Waals surface area contributed by atoms with E-state index in [1.54, 1.807) is 0 Å². The summed E-state index contributed by atoms with van der Waals surface area (Å²) < 4.78 is 0. The topological polar surface area (TPSA) is 29.5 Å². The van der Waals surface area contributed by atoms with Gasteiger partial charge in [-0.2, -0.15) is 0 Å². The van der Waals surface area contributed by atoms with Crippen LogP contribution in [-0.2, 0) is 4.89 Å². The number of hydrogen-bond acceptors (Lipinski definition) is 2. The van der Waals surface area contributed by atoms with Crippen LogP contribution in [0.25, 0.3) is 0 Å². The molecule has 0 radical (unpaired) electrons. The van der Waals surface area contributed by atoms with Crippen molar-refractivity contribution in [2.45, 2.75) is 52.1 Å². The van der Waals surface area contributed by atoms with E-state index in [1.807, 2.05) is 0 Å². The van der Waals surface area contributed by atoms with Crippen molar-refractivity contribution in [2.75, 3.05) is 0 Å². The van der Waals surface area contributed by atoms with Gasteiger partial charge in [0.25, 0.3) is 0 Å². The molecule has 0 aromatic carbocycles. The summed E-state index contributed by atoms with van der Waals surface area (Å²) in [5, 5.41) is 9.44. The van der Waals surface area contributed by atoms with E-state index < -0.39 is 5.60 Å². The first kappa shape index (κ1) is 12.8. The first-order valence-corrected chi connectivity index (χ1v) is 6.69. The smallest absolute Gasteiger partial charge is 0.131 e. The molecule has 0 spiro atoms. The maximum Gasteiger partial charge on any atom is 0.131 e. The number of rotatable bonds is 2. The third-order valence-electron chi connectivity index (χ3n) is 4.75. The summed E-state index contributed by atoms with van der Waals surface area (Å²) in [6.45, 7) is 10.8. The predicted octanol–water partition coefficient (Wildman–Crippen LogP) is 4.19. The molecule has 2 aliphatic rings. The Bertz CT molecular complexity index is 343. The van der Waals surface area contributed by atoms with Crippen LogP contribution in [0.15, 0.2) is 23.8 Å². The van der Waals surface area contributed by atoms with Gasteiger partial charge in [-0.3, -0.25) is 5.26 Å². The second-order valence-electron chi connectivity index (χ2n) is 6.07. The molecule has 0 aliphatic heterocycles. The van der Waals surface area contributed by atoms with Crippen LogP contribution in [0, 0.1) is 17.8 Å². The van der Waals surface area contributed by atoms with Crippen LogP contribution in [0.5, 0.6) is 0 Å². The van der Waals surface area contributed by atoms with E-state index in [0.717, 1.165) is 31.3 Å². The minimum atomic E-state index is -0.507. The molecule has 1 N–H and O–H groups in total. The molecule has 0 bridgehead atoms. The van der Waals surface area contributed by atoms with Gasteiger partial charge in [-0.1, -0.05) is 32.1 Å². The molecule has 17 heavy (non-hydrogen) atoms. The Morgan fingerprint density at radius 1 is 1.47 bits per heavy atom. The molecule has 2 aliphatic carbocycles. The van der Waals surface area contributed by atoms with Gasteiger partial charge in [-0.15, -0.1) is 0 Å². The van der Waals surface area contributed by atoms with Gasteiger partial charge < -0.3 is 0 Å². The maximum atomic E-state index is 9.44. The zero-order chi connectivity index (χ0) is 12.6. The van der Waals surface area contributed by atoms with Crippen molar-refractivity contribution in [2.24, 2.45) is 17.8 Å². The van der Waals surface area contributed by atoms with Crippen molar-refractivity contribution in [1.29, 1.82) is 0 Å². The molecule has 0 aromatic rings. The summed E-state index contributed by atoms with van der Waals surface area (Å²) >= 11 is 0. The molecule has 3 unspecified atom stereocenters. The van der Waals surface area contributed by atoms with Gasteiger partial charge in [-0.05, 0) is 50.0 Å². The number of hydrogen-bond donors (Lipinski definition) is 1. The molecule has 2 heteroatoms. The van der Waals surface area contributed by atoms with Crippen molar-refractivity contribution in [3.05, 3.63) is 23.8 Å². The van der Waals surface area contributed by atoms with Gasteiger partial charge in [0.15, 0.2) is 0 Å². The highest BCUT2D eigenvalue weighted by molar-refractivity contribution is 5.28. The van der Waals surface area contributed by atoms with Crippen LogP contribution >= 0.6 is 0 Å². The molecule has 3 atom stereocenters. The maximum absolute atomic E-state index is 9.44. The van der Waals surface area contributed by atoms with E-state index in [-0.39, 0.29) is 0 Å². The lowest BCUT2D eigenvalue weighted by molar-refractivity contribution is -0.332. The number of allylic oxidation sites excluding steroid dienone is 1. The third kappa shape index (κ3) is 1.98. The summed E-state index contributed by atoms with van der Waals surface area (Å²) in [7, 11) is 0. The Labute approximate surface area is 104 Å². The summed E-state index contributed by atoms with van der Waals surface area (Å²) in [6, 6.07) is 0. The van der Waals surface area contributed by atoms with E-state index in [9.17, 15) is 5.26 Å². The third-order valence-corrected chi connectivity index (χ3v) is 4.75. The minimum absolute atomic E-state index is 0.294. The Morgan fingerprint density at radius 2 is 2.18 bits per heavy atom. The van der Waals surface area contributed by atoms with Gasteiger partial charge in [0.05, 0.1) is 0 Å². The van der Waals surface area contributed by atoms with E-state index in [2.05, 4.69) is 33.4 Å². The van der Waals surface area contributed by atoms with Crippen molar-refractivity contribution >= 4 is 0 Å². The monoisotopic (exact) mass is 236 g/mol. The molecule has 2 rings (SSSR count). The van der Waals surface area contributed by atoms with Crippen molar-refractivity contribution in [1.82, 2.24) is 0 Å². The van der Waals surface area contributed by atoms with Crippen molar-refractivity contribution in [3.63, 3.8) is 0 Å². The Morgan fingerprint density at radius 3 is 2.76 bits per heavy atom. The molecule has 1 fully saturated rings. The minimum Gasteiger partial charge on any atom is -0.251 e. The average molecular weight is 236 g/mol. The van der Waals surface area contributed by atoms with Gasteiger partial charge in [0, 0.05) is 5.92 Å². The normalized spacial score (nSPS) is 37.9. The summed E-state index contributed by atoms with van der Waals surface area (Å²) in [5.74, 6) is 1.50. The van der Waals surface area contributed by atoms with E-state index in [0.29, 0.717) is 17.8 Å². The van der Waals surface area contributed by atoms with Crippen molar-refractivity contribution in [3.8, 4) is 0 Å². The molecular formula is C15H24O2. The second kappa shape index (κ2) is 4.58. The lowest BCUT2D eigenvalue weighted by atomic mass is 9.59. The molecule has 0 heterocycles. The van der Waals surface area contributed by atoms with Crippen LogP contribution in [-0.4, -0.2) is 10.9 Å². The van der Waals surface area contributed by atoms with Crippen molar-refractivity contribution < 1.29 is 10.1 Å². The molecular weight excluding hydrogens is 212 g/mol. The number of fused-ring (bicyclic) bond motifs is 1. The SMILES string of the molecule is C=C1CCC(C(C)C)C2C=C(C)CCC12OO. The summed E-state index contributed by atoms with van der Waals surface area (Å²) in [4.78, 5) is 4.98. The fourth-order valence-corrected chi connectivity index (χ4v) is 3.61. The highest BCUT2D eigenvalue weighted by atomic mass is 17.1. The zero-order valence-electron chi connectivity index (χ0n) is 11.2. The van der Waals surface area contributed by atoms with Gasteiger partial charge in [0.2, 0.25) is 0 Å². The Hall–Kier alpha value is -0.600. The summed E-state index contributed by atoms with van der Waals surface area (Å²) in [5.41, 5.74) is 1.99. The Kier molecular flexibility index (Phi) is 3.46. The van der Waals surface area contributed by atoms with E-state index >= 15 is 0 Å². The van der Waals surface area contributed by atoms with Crippen LogP contribution < -0.4 is 0 Å². The highest BCUT2D eigenvalue weighted by Crippen LogP contribution is 2.51. The van der Waals surface area contributed by atoms with Crippen LogP contribution in [0.3, 0.4) is 0 Å². The first-order chi connectivity index (χ1) is 8.01. The molecule has 96 valence electrons. The fraction of sp³-hybridized carbons (Fsp3) is 0.733. The first-order valence-electron chi connectivity index (χ1n) is 6.69. The average Bonchev–Trinajstić information content (AvgIpc) is 2.29. The van der Waals surface area contributed by atoms with Gasteiger partial charge in [-0.25, -0.2) is 4.89 Å². The molecule has 0 aromatic heterocycles. The lowest BCUT2D eigenvalue weighted by Gasteiger charge is -2.49. The molecule has 1 saturated carbocycles. The van der Waals surface area contributed by atoms with Gasteiger partial charge >= 0.3 is 0 Å². The zero-order valence-corrected chi connectivity index (χ0v) is 11.2. The van der Waals surface area contributed by atoms with Crippen LogP contribution in [0.1, 0.15) is 46.5 Å². The molecule has 2 nitrogen and oxygen atoms in total. The summed E-state index contributed by atoms with van der Waals surface area (Å²) in [6.07, 6.45) is 6.33. The van der Waals surface area contributed by atoms with Crippen LogP contribution in [0.2, 0.25) is 0 Å². The molecule has 0 amide bonds. The second-order valence-corrected chi connectivity index (χ2v) is 6.07. The highest BCUT2D eigenvalue weighted by Gasteiger charge is 2.50. The standard InChI is InChI=1S/C15H24O2/c1-10(2)13-6-5-12(4)15(17-16)8-7-11(3)9-14(13)15/h9-10,13-14,16H,4-8H2,1-3H3. The van der Waals surface area contributed by atoms with E-state index in [4.69, 9.17) is 4.89 Å². The quantitative estimate of drug-likeness (QED) is 0.442.